The quantitative estimate of drug-likeness (QED) is 0.161. The lowest BCUT2D eigenvalue weighted by atomic mass is 9.87. The van der Waals surface area contributed by atoms with Crippen LogP contribution in [0, 0.1) is 0 Å². The number of β-lactam (4-membered cyclic amide) rings is 1. The summed E-state index contributed by atoms with van der Waals surface area (Å²) in [5.41, 5.74) is 11.1. The Morgan fingerprint density at radius 2 is 1.70 bits per heavy atom. The Morgan fingerprint density at radius 3 is 2.28 bits per heavy atom. The first-order chi connectivity index (χ1) is 23.6. The first-order valence-electron chi connectivity index (χ1n) is 15.4. The number of nitrogens with one attached hydrogen (secondary N) is 3. The first kappa shape index (κ1) is 35.7. The van der Waals surface area contributed by atoms with Gasteiger partial charge in [-0.3, -0.25) is 33.7 Å². The molecule has 1 fully saturated rings. The summed E-state index contributed by atoms with van der Waals surface area (Å²) in [6.07, 6.45) is 0. The topological polar surface area (TPSA) is 238 Å². The molecule has 16 heteroatoms. The summed E-state index contributed by atoms with van der Waals surface area (Å²) in [6.45, 7) is 3.96. The summed E-state index contributed by atoms with van der Waals surface area (Å²) in [5.74, 6) is -4.74. The number of thioether (sulfide) groups is 1. The molecule has 0 radical (unpaired) electrons. The zero-order chi connectivity index (χ0) is 36.5. The Bertz CT molecular complexity index is 1980. The number of aliphatic carboxylic acids is 1. The summed E-state index contributed by atoms with van der Waals surface area (Å²) in [7, 11) is 0. The predicted molar refractivity (Wildman–Crippen MR) is 184 cm³/mol. The fourth-order valence-electron chi connectivity index (χ4n) is 5.71. The standard InChI is InChI=1S/C34H35N7O8S/c1-17(35)30(46)40(18(2)42)22-12-9-19(10-13-22)24-14-11-21(27(43)38-24)15-37-28(44)23-16-50-33-34(3,32(49)41(33)26(23)31(47)48)39-29(45)25(36)20-7-5-4-6-8-20/h4-14,17,25,33H,15-16,35-36H2,1-3H3,(H,37,44)(H,38,43)(H,39,45)(H,47,48)/t17?,25?,33-,34?/m0/s1. The molecule has 4 atom stereocenters. The van der Waals surface area contributed by atoms with E-state index in [9.17, 15) is 38.7 Å². The zero-order valence-corrected chi connectivity index (χ0v) is 28.1. The average molecular weight is 702 g/mol. The van der Waals surface area contributed by atoms with Gasteiger partial charge in [0.05, 0.1) is 17.3 Å². The second kappa shape index (κ2) is 14.1. The molecule has 2 aromatic carbocycles. The third-order valence-electron chi connectivity index (χ3n) is 8.40. The number of nitrogens with two attached hydrogens (primary N) is 2. The maximum absolute atomic E-state index is 13.4. The van der Waals surface area contributed by atoms with Gasteiger partial charge in [0.2, 0.25) is 17.7 Å². The lowest BCUT2D eigenvalue weighted by Gasteiger charge is -2.55. The summed E-state index contributed by atoms with van der Waals surface area (Å²) < 4.78 is 0. The molecule has 0 saturated carbocycles. The number of carboxylic acid groups (broad SMARTS) is 1. The number of rotatable bonds is 10. The van der Waals surface area contributed by atoms with Gasteiger partial charge in [-0.1, -0.05) is 42.5 Å². The largest absolute Gasteiger partial charge is 0.477 e. The fraction of sp³-hybridized carbons (Fsp3) is 0.265. The molecule has 2 aliphatic rings. The van der Waals surface area contributed by atoms with Crippen LogP contribution >= 0.6 is 11.8 Å². The number of carbonyl (C=O) groups is 6. The molecule has 3 aromatic rings. The maximum atomic E-state index is 13.4. The molecule has 8 N–H and O–H groups in total. The normalized spacial score (nSPS) is 19.4. The second-order valence-electron chi connectivity index (χ2n) is 12.0. The predicted octanol–water partition coefficient (Wildman–Crippen LogP) is 0.714. The van der Waals surface area contributed by atoms with Crippen molar-refractivity contribution in [3.8, 4) is 11.3 Å². The number of aromatic nitrogens is 1. The number of fused-ring (bicyclic) bond motifs is 1. The minimum Gasteiger partial charge on any atom is -0.477 e. The van der Waals surface area contributed by atoms with Crippen molar-refractivity contribution in [2.45, 2.75) is 50.3 Å². The van der Waals surface area contributed by atoms with E-state index in [4.69, 9.17) is 11.5 Å². The Hall–Kier alpha value is -5.58. The van der Waals surface area contributed by atoms with Crippen molar-refractivity contribution < 1.29 is 33.9 Å². The smallest absolute Gasteiger partial charge is 0.353 e. The van der Waals surface area contributed by atoms with Gasteiger partial charge in [-0.25, -0.2) is 9.69 Å². The number of carbonyl (C=O) groups excluding carboxylic acids is 5. The molecule has 15 nitrogen and oxygen atoms in total. The number of H-pyrrole nitrogens is 1. The van der Waals surface area contributed by atoms with E-state index in [1.807, 2.05) is 0 Å². The van der Waals surface area contributed by atoms with Crippen molar-refractivity contribution >= 4 is 53.0 Å². The third-order valence-corrected chi connectivity index (χ3v) is 9.85. The van der Waals surface area contributed by atoms with Gasteiger partial charge in [0, 0.05) is 30.5 Å². The van der Waals surface area contributed by atoms with Crippen LogP contribution in [0.5, 0.6) is 0 Å². The molecular weight excluding hydrogens is 666 g/mol. The van der Waals surface area contributed by atoms with Crippen LogP contribution in [-0.4, -0.2) is 73.2 Å². The molecule has 260 valence electrons. The number of aromatic amines is 1. The number of amides is 5. The molecular formula is C34H35N7O8S. The first-order valence-corrected chi connectivity index (χ1v) is 16.5. The molecule has 0 bridgehead atoms. The lowest BCUT2D eigenvalue weighted by molar-refractivity contribution is -0.158. The van der Waals surface area contributed by atoms with E-state index >= 15 is 0 Å². The van der Waals surface area contributed by atoms with Crippen molar-refractivity contribution in [3.05, 3.63) is 99.5 Å². The number of nitrogens with zero attached hydrogens (tertiary/aromatic N) is 2. The van der Waals surface area contributed by atoms with Crippen molar-refractivity contribution in [1.29, 1.82) is 0 Å². The van der Waals surface area contributed by atoms with Crippen molar-refractivity contribution in [2.24, 2.45) is 11.5 Å². The Kier molecular flexibility index (Phi) is 10.1. The van der Waals surface area contributed by atoms with Gasteiger partial charge in [0.25, 0.3) is 17.4 Å². The second-order valence-corrected chi connectivity index (χ2v) is 13.1. The fourth-order valence-corrected chi connectivity index (χ4v) is 7.14. The van der Waals surface area contributed by atoms with E-state index in [-0.39, 0.29) is 23.4 Å². The average Bonchev–Trinajstić information content (AvgIpc) is 3.10. The number of hydrogen-bond acceptors (Lipinski definition) is 10. The Balaban J connectivity index is 1.27. The van der Waals surface area contributed by atoms with Crippen LogP contribution in [0.15, 0.2) is 82.8 Å². The van der Waals surface area contributed by atoms with Gasteiger partial charge in [0.1, 0.15) is 22.7 Å². The molecule has 5 rings (SSSR count). The highest BCUT2D eigenvalue weighted by molar-refractivity contribution is 8.00. The van der Waals surface area contributed by atoms with Gasteiger partial charge >= 0.3 is 5.97 Å². The molecule has 2 aliphatic heterocycles. The molecule has 0 spiro atoms. The Labute approximate surface area is 290 Å². The molecule has 5 amide bonds. The van der Waals surface area contributed by atoms with E-state index in [0.717, 1.165) is 21.6 Å². The van der Waals surface area contributed by atoms with Gasteiger partial charge in [-0.2, -0.15) is 0 Å². The lowest BCUT2D eigenvalue weighted by Crippen LogP contribution is -2.79. The summed E-state index contributed by atoms with van der Waals surface area (Å²) in [5, 5.41) is 14.5. The van der Waals surface area contributed by atoms with Gasteiger partial charge < -0.3 is 32.2 Å². The van der Waals surface area contributed by atoms with Crippen molar-refractivity contribution in [2.75, 3.05) is 10.7 Å². The maximum Gasteiger partial charge on any atom is 0.353 e. The Morgan fingerprint density at radius 1 is 1.04 bits per heavy atom. The molecule has 1 aromatic heterocycles. The molecule has 50 heavy (non-hydrogen) atoms. The van der Waals surface area contributed by atoms with E-state index in [2.05, 4.69) is 15.6 Å². The van der Waals surface area contributed by atoms with Crippen LogP contribution in [0.4, 0.5) is 5.69 Å². The number of anilines is 1. The van der Waals surface area contributed by atoms with Gasteiger partial charge in [-0.05, 0) is 49.2 Å². The van der Waals surface area contributed by atoms with Crippen molar-refractivity contribution in [1.82, 2.24) is 20.5 Å². The molecule has 3 unspecified atom stereocenters. The van der Waals surface area contributed by atoms with E-state index in [1.54, 1.807) is 60.7 Å². The van der Waals surface area contributed by atoms with Crippen LogP contribution < -0.4 is 32.6 Å². The van der Waals surface area contributed by atoms with Crippen LogP contribution in [0.2, 0.25) is 0 Å². The van der Waals surface area contributed by atoms with Gasteiger partial charge in [0.15, 0.2) is 0 Å². The van der Waals surface area contributed by atoms with Crippen molar-refractivity contribution in [3.63, 3.8) is 0 Å². The highest BCUT2D eigenvalue weighted by Crippen LogP contribution is 2.46. The molecule has 1 saturated heterocycles. The van der Waals surface area contributed by atoms with Gasteiger partial charge in [-0.15, -0.1) is 11.8 Å². The number of carboxylic acids is 1. The van der Waals surface area contributed by atoms with E-state index < -0.39 is 69.8 Å². The third kappa shape index (κ3) is 6.67. The van der Waals surface area contributed by atoms with Crippen LogP contribution in [0.1, 0.15) is 37.9 Å². The van der Waals surface area contributed by atoms with Crippen LogP contribution in [0.25, 0.3) is 11.3 Å². The highest BCUT2D eigenvalue weighted by atomic mass is 32.2. The number of benzene rings is 2. The number of imide groups is 1. The molecule has 0 aliphatic carbocycles. The van der Waals surface area contributed by atoms with E-state index in [1.165, 1.54) is 26.8 Å². The molecule has 3 heterocycles. The van der Waals surface area contributed by atoms with E-state index in [0.29, 0.717) is 22.5 Å². The summed E-state index contributed by atoms with van der Waals surface area (Å²) >= 11 is 1.12. The minimum absolute atomic E-state index is 0.0831. The van der Waals surface area contributed by atoms with Crippen LogP contribution in [0.3, 0.4) is 0 Å². The zero-order valence-electron chi connectivity index (χ0n) is 27.3. The summed E-state index contributed by atoms with van der Waals surface area (Å²) in [6, 6.07) is 16.0. The monoisotopic (exact) mass is 701 g/mol. The summed E-state index contributed by atoms with van der Waals surface area (Å²) in [4.78, 5) is 93.9. The highest BCUT2D eigenvalue weighted by Gasteiger charge is 2.63. The minimum atomic E-state index is -1.50. The SMILES string of the molecule is CC(=O)N(C(=O)C(C)N)c1ccc(-c2ccc(CNC(=O)C3=C(C(=O)O)N4C(=O)C(C)(NC(=O)C(N)c5ccccc5)[C@@H]4SC3)c(=O)[nH]2)cc1. The van der Waals surface area contributed by atoms with Crippen LogP contribution in [-0.2, 0) is 35.3 Å². The number of hydrogen-bond donors (Lipinski definition) is 6. The number of pyridine rings is 1.